The van der Waals surface area contributed by atoms with Crippen molar-refractivity contribution >= 4 is 12.1 Å². The summed E-state index contributed by atoms with van der Waals surface area (Å²) in [5, 5.41) is 18.6. The number of hydrogen-bond acceptors (Lipinski definition) is 2. The Morgan fingerprint density at radius 3 is 2.47 bits per heavy atom. The van der Waals surface area contributed by atoms with E-state index in [1.807, 2.05) is 30.3 Å². The highest BCUT2D eigenvalue weighted by molar-refractivity contribution is 5.84. The Bertz CT molecular complexity index is 474. The fourth-order valence-corrected chi connectivity index (χ4v) is 2.74. The Morgan fingerprint density at radius 1 is 1.21 bits per heavy atom. The van der Waals surface area contributed by atoms with Gasteiger partial charge >= 0.3 is 12.1 Å². The molecule has 19 heavy (non-hydrogen) atoms. The Kier molecular flexibility index (Phi) is 3.74. The van der Waals surface area contributed by atoms with Crippen molar-refractivity contribution in [1.29, 1.82) is 0 Å². The fourth-order valence-electron chi connectivity index (χ4n) is 2.74. The molecule has 5 nitrogen and oxygen atoms in total. The quantitative estimate of drug-likeness (QED) is 0.873. The number of carboxylic acid groups (broad SMARTS) is 2. The van der Waals surface area contributed by atoms with Gasteiger partial charge in [0.1, 0.15) is 5.54 Å². The fraction of sp³-hybridized carbons (Fsp3) is 0.429. The molecule has 1 atom stereocenters. The van der Waals surface area contributed by atoms with E-state index < -0.39 is 17.6 Å². The van der Waals surface area contributed by atoms with Crippen molar-refractivity contribution in [2.45, 2.75) is 31.2 Å². The maximum atomic E-state index is 11.6. The first-order valence-corrected chi connectivity index (χ1v) is 6.34. The average molecular weight is 263 g/mol. The number of nitrogens with zero attached hydrogens (tertiary/aromatic N) is 1. The van der Waals surface area contributed by atoms with Crippen molar-refractivity contribution in [3.8, 4) is 0 Å². The van der Waals surface area contributed by atoms with Crippen LogP contribution in [0.1, 0.15) is 24.8 Å². The standard InChI is InChI=1S/C14H17NO4/c16-12(17)14(8-4-10-15(14)13(18)19)9-7-11-5-2-1-3-6-11/h1-3,5-6H,4,7-10H2,(H,16,17)(H,18,19). The summed E-state index contributed by atoms with van der Waals surface area (Å²) in [7, 11) is 0. The van der Waals surface area contributed by atoms with Crippen molar-refractivity contribution in [2.24, 2.45) is 0 Å². The highest BCUT2D eigenvalue weighted by Gasteiger charge is 2.49. The van der Waals surface area contributed by atoms with Crippen molar-refractivity contribution in [3.63, 3.8) is 0 Å². The van der Waals surface area contributed by atoms with Crippen molar-refractivity contribution in [2.75, 3.05) is 6.54 Å². The van der Waals surface area contributed by atoms with E-state index in [1.54, 1.807) is 0 Å². The van der Waals surface area contributed by atoms with Crippen LogP contribution in [-0.2, 0) is 11.2 Å². The van der Waals surface area contributed by atoms with Crippen LogP contribution in [0.2, 0.25) is 0 Å². The number of aryl methyl sites for hydroxylation is 1. The summed E-state index contributed by atoms with van der Waals surface area (Å²) in [6.07, 6.45) is 0.734. The second-order valence-electron chi connectivity index (χ2n) is 4.86. The van der Waals surface area contributed by atoms with Gasteiger partial charge in [-0.25, -0.2) is 9.59 Å². The Labute approximate surface area is 111 Å². The lowest BCUT2D eigenvalue weighted by Gasteiger charge is -2.32. The summed E-state index contributed by atoms with van der Waals surface area (Å²) in [6.45, 7) is 0.302. The number of benzene rings is 1. The molecule has 102 valence electrons. The number of rotatable bonds is 4. The number of carboxylic acids is 1. The Hall–Kier alpha value is -2.04. The van der Waals surface area contributed by atoms with Gasteiger partial charge in [-0.15, -0.1) is 0 Å². The zero-order chi connectivity index (χ0) is 13.9. The van der Waals surface area contributed by atoms with Crippen molar-refractivity contribution in [3.05, 3.63) is 35.9 Å². The minimum absolute atomic E-state index is 0.302. The van der Waals surface area contributed by atoms with E-state index in [9.17, 15) is 14.7 Å². The Morgan fingerprint density at radius 2 is 1.89 bits per heavy atom. The zero-order valence-electron chi connectivity index (χ0n) is 10.6. The van der Waals surface area contributed by atoms with Crippen LogP contribution < -0.4 is 0 Å². The predicted molar refractivity (Wildman–Crippen MR) is 69.1 cm³/mol. The molecular weight excluding hydrogens is 246 g/mol. The lowest BCUT2D eigenvalue weighted by molar-refractivity contribution is -0.149. The SMILES string of the molecule is O=C(O)N1CCCC1(CCc1ccccc1)C(=O)O. The first-order chi connectivity index (χ1) is 9.06. The molecule has 0 radical (unpaired) electrons. The summed E-state index contributed by atoms with van der Waals surface area (Å²) in [6, 6.07) is 9.54. The average Bonchev–Trinajstić information content (AvgIpc) is 2.83. The first-order valence-electron chi connectivity index (χ1n) is 6.34. The third-order valence-corrected chi connectivity index (χ3v) is 3.79. The highest BCUT2D eigenvalue weighted by atomic mass is 16.4. The van der Waals surface area contributed by atoms with E-state index in [2.05, 4.69) is 0 Å². The van der Waals surface area contributed by atoms with Gasteiger partial charge in [0.2, 0.25) is 0 Å². The van der Waals surface area contributed by atoms with E-state index >= 15 is 0 Å². The molecule has 2 N–H and O–H groups in total. The van der Waals surface area contributed by atoms with Gasteiger partial charge in [0.25, 0.3) is 0 Å². The summed E-state index contributed by atoms with van der Waals surface area (Å²) in [5.41, 5.74) is -0.234. The second kappa shape index (κ2) is 5.30. The van der Waals surface area contributed by atoms with Crippen LogP contribution >= 0.6 is 0 Å². The number of carbonyl (C=O) groups is 2. The molecule has 0 saturated carbocycles. The van der Waals surface area contributed by atoms with Crippen molar-refractivity contribution in [1.82, 2.24) is 4.90 Å². The summed E-state index contributed by atoms with van der Waals surface area (Å²) in [4.78, 5) is 23.8. The van der Waals surface area contributed by atoms with Gasteiger partial charge in [-0.3, -0.25) is 4.90 Å². The third kappa shape index (κ3) is 2.54. The molecule has 1 aliphatic heterocycles. The monoisotopic (exact) mass is 263 g/mol. The first kappa shape index (κ1) is 13.4. The number of likely N-dealkylation sites (tertiary alicyclic amines) is 1. The summed E-state index contributed by atoms with van der Waals surface area (Å²) in [5.74, 6) is -1.04. The number of amides is 1. The molecule has 1 aromatic carbocycles. The summed E-state index contributed by atoms with van der Waals surface area (Å²) >= 11 is 0. The molecule has 1 saturated heterocycles. The second-order valence-corrected chi connectivity index (χ2v) is 4.86. The lowest BCUT2D eigenvalue weighted by atomic mass is 9.89. The maximum Gasteiger partial charge on any atom is 0.408 e. The smallest absolute Gasteiger partial charge is 0.408 e. The minimum Gasteiger partial charge on any atom is -0.479 e. The largest absolute Gasteiger partial charge is 0.479 e. The molecule has 0 spiro atoms. The molecule has 1 fully saturated rings. The topological polar surface area (TPSA) is 77.8 Å². The van der Waals surface area contributed by atoms with Crippen LogP contribution in [0.15, 0.2) is 30.3 Å². The van der Waals surface area contributed by atoms with Crippen LogP contribution in [0, 0.1) is 0 Å². The normalized spacial score (nSPS) is 22.4. The number of hydrogen-bond donors (Lipinski definition) is 2. The Balaban J connectivity index is 2.16. The molecular formula is C14H17NO4. The van der Waals surface area contributed by atoms with E-state index in [4.69, 9.17) is 5.11 Å². The van der Waals surface area contributed by atoms with Gasteiger partial charge in [0.05, 0.1) is 0 Å². The molecule has 1 unspecified atom stereocenters. The minimum atomic E-state index is -1.26. The summed E-state index contributed by atoms with van der Waals surface area (Å²) < 4.78 is 0. The van der Waals surface area contributed by atoms with Crippen molar-refractivity contribution < 1.29 is 19.8 Å². The van der Waals surface area contributed by atoms with E-state index in [0.717, 1.165) is 10.5 Å². The molecule has 0 bridgehead atoms. The predicted octanol–water partition coefficient (Wildman–Crippen LogP) is 2.22. The van der Waals surface area contributed by atoms with Gasteiger partial charge in [-0.2, -0.15) is 0 Å². The molecule has 2 rings (SSSR count). The zero-order valence-corrected chi connectivity index (χ0v) is 10.6. The van der Waals surface area contributed by atoms with Gasteiger partial charge < -0.3 is 10.2 Å². The molecule has 1 heterocycles. The molecule has 0 aliphatic carbocycles. The van der Waals surface area contributed by atoms with Gasteiger partial charge in [-0.05, 0) is 31.2 Å². The van der Waals surface area contributed by atoms with E-state index in [1.165, 1.54) is 0 Å². The van der Waals surface area contributed by atoms with Crippen LogP contribution in [0.4, 0.5) is 4.79 Å². The molecule has 0 aromatic heterocycles. The van der Waals surface area contributed by atoms with E-state index in [0.29, 0.717) is 32.2 Å². The van der Waals surface area contributed by atoms with Gasteiger partial charge in [0, 0.05) is 6.54 Å². The van der Waals surface area contributed by atoms with Crippen LogP contribution in [-0.4, -0.2) is 39.3 Å². The van der Waals surface area contributed by atoms with Gasteiger partial charge in [-0.1, -0.05) is 30.3 Å². The lowest BCUT2D eigenvalue weighted by Crippen LogP contribution is -2.53. The maximum absolute atomic E-state index is 11.6. The van der Waals surface area contributed by atoms with Gasteiger partial charge in [0.15, 0.2) is 0 Å². The van der Waals surface area contributed by atoms with Crippen LogP contribution in [0.5, 0.6) is 0 Å². The molecule has 1 amide bonds. The molecule has 5 heteroatoms. The number of aliphatic carboxylic acids is 1. The highest BCUT2D eigenvalue weighted by Crippen LogP contribution is 2.34. The van der Waals surface area contributed by atoms with Crippen LogP contribution in [0.25, 0.3) is 0 Å². The van der Waals surface area contributed by atoms with E-state index in [-0.39, 0.29) is 0 Å². The molecule has 1 aliphatic rings. The molecule has 1 aromatic rings. The third-order valence-electron chi connectivity index (χ3n) is 3.79. The van der Waals surface area contributed by atoms with Crippen LogP contribution in [0.3, 0.4) is 0 Å².